The zero-order valence-electron chi connectivity index (χ0n) is 21.9. The molecule has 0 fully saturated rings. The van der Waals surface area contributed by atoms with Gasteiger partial charge in [0, 0.05) is 5.56 Å². The summed E-state index contributed by atoms with van der Waals surface area (Å²) in [5, 5.41) is 2.59. The Bertz CT molecular complexity index is 2120. The summed E-state index contributed by atoms with van der Waals surface area (Å²) < 4.78 is 79.9. The molecule has 3 heterocycles. The van der Waals surface area contributed by atoms with Gasteiger partial charge in [-0.05, 0) is 55.5 Å². The van der Waals surface area contributed by atoms with E-state index in [1.807, 2.05) is 24.3 Å². The zero-order chi connectivity index (χ0) is 29.6. The number of halogens is 3. The first-order valence-electron chi connectivity index (χ1n) is 12.3. The summed E-state index contributed by atoms with van der Waals surface area (Å²) in [6, 6.07) is 14.9. The molecule has 0 saturated heterocycles. The van der Waals surface area contributed by atoms with Gasteiger partial charge in [-0.15, -0.1) is 0 Å². The molecule has 3 aromatic carbocycles. The number of ether oxygens (including phenoxy) is 1. The highest BCUT2D eigenvalue weighted by Gasteiger charge is 2.25. The normalized spacial score (nSPS) is 11.6. The van der Waals surface area contributed by atoms with Gasteiger partial charge in [0.05, 0.1) is 34.2 Å². The van der Waals surface area contributed by atoms with Crippen LogP contribution in [-0.4, -0.2) is 40.0 Å². The van der Waals surface area contributed by atoms with Crippen LogP contribution in [0.2, 0.25) is 0 Å². The van der Waals surface area contributed by atoms with Crippen molar-refractivity contribution in [3.63, 3.8) is 0 Å². The summed E-state index contributed by atoms with van der Waals surface area (Å²) in [5.74, 6) is -2.88. The molecule has 0 saturated carbocycles. The van der Waals surface area contributed by atoms with E-state index < -0.39 is 43.7 Å². The number of nitrogens with zero attached hydrogens (tertiary/aromatic N) is 5. The summed E-state index contributed by atoms with van der Waals surface area (Å²) in [4.78, 5) is 16.8. The fourth-order valence-electron chi connectivity index (χ4n) is 4.45. The van der Waals surface area contributed by atoms with E-state index in [1.54, 1.807) is 23.0 Å². The first-order valence-corrected chi connectivity index (χ1v) is 13.8. The lowest BCUT2D eigenvalue weighted by atomic mass is 10.2. The van der Waals surface area contributed by atoms with Crippen molar-refractivity contribution in [2.24, 2.45) is 0 Å². The highest BCUT2D eigenvalue weighted by molar-refractivity contribution is 7.92. The molecule has 0 spiro atoms. The van der Waals surface area contributed by atoms with Crippen LogP contribution in [0.1, 0.15) is 5.56 Å². The monoisotopic (exact) mass is 591 g/mol. The number of nitrogens with one attached hydrogen (secondary N) is 2. The van der Waals surface area contributed by atoms with Crippen LogP contribution in [0.5, 0.6) is 5.75 Å². The van der Waals surface area contributed by atoms with Gasteiger partial charge in [0.1, 0.15) is 35.5 Å². The van der Waals surface area contributed by atoms with Crippen molar-refractivity contribution in [3.8, 4) is 11.6 Å². The second kappa shape index (κ2) is 10.3. The summed E-state index contributed by atoms with van der Waals surface area (Å²) in [5.41, 5.74) is 0.623. The fraction of sp³-hybridized carbons (Fsp3) is 0.0714. The number of hydrogen-bond donors (Lipinski definition) is 2. The minimum absolute atomic E-state index is 0.0304. The molecular formula is C28H20F3N7O3S. The highest BCUT2D eigenvalue weighted by Crippen LogP contribution is 2.33. The van der Waals surface area contributed by atoms with Crippen LogP contribution in [0.3, 0.4) is 0 Å². The van der Waals surface area contributed by atoms with Crippen molar-refractivity contribution in [2.75, 3.05) is 17.1 Å². The van der Waals surface area contributed by atoms with Crippen molar-refractivity contribution in [1.29, 1.82) is 0 Å². The number of aromatic nitrogens is 5. The molecule has 2 N–H and O–H groups in total. The van der Waals surface area contributed by atoms with E-state index in [1.165, 1.54) is 20.4 Å². The average molecular weight is 592 g/mol. The van der Waals surface area contributed by atoms with E-state index in [0.29, 0.717) is 11.3 Å². The molecule has 212 valence electrons. The molecule has 0 aliphatic carbocycles. The number of rotatable bonds is 7. The van der Waals surface area contributed by atoms with E-state index in [9.17, 15) is 17.2 Å². The van der Waals surface area contributed by atoms with Gasteiger partial charge in [-0.2, -0.15) is 0 Å². The molecule has 14 heteroatoms. The topological polar surface area (TPSA) is 124 Å². The van der Waals surface area contributed by atoms with Crippen LogP contribution in [0, 0.1) is 24.4 Å². The molecule has 10 nitrogen and oxygen atoms in total. The van der Waals surface area contributed by atoms with E-state index in [4.69, 9.17) is 4.74 Å². The van der Waals surface area contributed by atoms with Gasteiger partial charge in [-0.1, -0.05) is 12.1 Å². The Morgan fingerprint density at radius 3 is 2.50 bits per heavy atom. The number of pyridine rings is 1. The second-order valence-electron chi connectivity index (χ2n) is 9.08. The molecule has 0 bridgehead atoms. The number of anilines is 3. The number of hydrogen-bond acceptors (Lipinski definition) is 8. The van der Waals surface area contributed by atoms with Crippen LogP contribution in [-0.2, 0) is 10.0 Å². The van der Waals surface area contributed by atoms with Gasteiger partial charge in [0.25, 0.3) is 10.0 Å². The third-order valence-electron chi connectivity index (χ3n) is 6.56. The Kier molecular flexibility index (Phi) is 6.61. The van der Waals surface area contributed by atoms with Gasteiger partial charge in [0.15, 0.2) is 23.2 Å². The summed E-state index contributed by atoms with van der Waals surface area (Å²) in [6.07, 6.45) is 2.79. The maximum absolute atomic E-state index is 15.6. The Morgan fingerprint density at radius 1 is 0.881 bits per heavy atom. The van der Waals surface area contributed by atoms with Gasteiger partial charge in [-0.25, -0.2) is 41.5 Å². The molecule has 3 aromatic heterocycles. The summed E-state index contributed by atoms with van der Waals surface area (Å²) >= 11 is 0. The third kappa shape index (κ3) is 4.60. The number of sulfonamides is 1. The Hall–Kier alpha value is -5.24. The second-order valence-corrected chi connectivity index (χ2v) is 10.7. The van der Waals surface area contributed by atoms with Gasteiger partial charge in [0.2, 0.25) is 0 Å². The van der Waals surface area contributed by atoms with Crippen LogP contribution >= 0.6 is 0 Å². The lowest BCUT2D eigenvalue weighted by molar-refractivity contribution is 0.384. The third-order valence-corrected chi connectivity index (χ3v) is 8.07. The van der Waals surface area contributed by atoms with Crippen molar-refractivity contribution in [1.82, 2.24) is 24.5 Å². The van der Waals surface area contributed by atoms with Crippen molar-refractivity contribution in [3.05, 3.63) is 96.3 Å². The lowest BCUT2D eigenvalue weighted by Crippen LogP contribution is -2.17. The van der Waals surface area contributed by atoms with Crippen LogP contribution in [0.15, 0.2) is 78.2 Å². The molecule has 0 radical (unpaired) electrons. The first-order chi connectivity index (χ1) is 20.2. The largest absolute Gasteiger partial charge is 0.494 e. The summed E-state index contributed by atoms with van der Waals surface area (Å²) in [6.45, 7) is 1.24. The molecule has 0 aliphatic heterocycles. The molecule has 0 atom stereocenters. The van der Waals surface area contributed by atoms with Crippen molar-refractivity contribution < 1.29 is 26.3 Å². The van der Waals surface area contributed by atoms with Gasteiger partial charge in [-0.3, -0.25) is 9.29 Å². The number of benzene rings is 3. The molecule has 0 aliphatic rings. The lowest BCUT2D eigenvalue weighted by Gasteiger charge is -2.15. The SMILES string of the molecule is COc1ccc(S(=O)(=O)Nc2ccc(F)c(Nc3ncnc4ccc(-n5cnc6ccccc65)nc34)c2F)c(C)c1F. The zero-order valence-corrected chi connectivity index (χ0v) is 22.7. The maximum atomic E-state index is 15.6. The number of fused-ring (bicyclic) bond motifs is 2. The maximum Gasteiger partial charge on any atom is 0.262 e. The van der Waals surface area contributed by atoms with Crippen LogP contribution in [0.4, 0.5) is 30.4 Å². The van der Waals surface area contributed by atoms with Gasteiger partial charge < -0.3 is 10.1 Å². The van der Waals surface area contributed by atoms with E-state index in [2.05, 4.69) is 30.0 Å². The molecule has 42 heavy (non-hydrogen) atoms. The predicted octanol–water partition coefficient (Wildman–Crippen LogP) is 5.64. The molecule has 0 unspecified atom stereocenters. The van der Waals surface area contributed by atoms with E-state index in [0.717, 1.165) is 35.3 Å². The van der Waals surface area contributed by atoms with Crippen LogP contribution in [0.25, 0.3) is 27.9 Å². The first kappa shape index (κ1) is 27.0. The number of imidazole rings is 1. The quantitative estimate of drug-likeness (QED) is 0.244. The van der Waals surface area contributed by atoms with Crippen molar-refractivity contribution in [2.45, 2.75) is 11.8 Å². The Morgan fingerprint density at radius 2 is 1.69 bits per heavy atom. The predicted molar refractivity (Wildman–Crippen MR) is 150 cm³/mol. The Balaban J connectivity index is 1.38. The standard InChI is InChI=1S/C28H20F3N7O3S/c1-15-22(11-10-21(41-2)24(15)30)42(39,40)37-18-8-7-16(29)26(25(18)31)36-28-27-19(32-13-33-28)9-12-23(35-27)38-14-34-17-5-3-4-6-20(17)38/h3-14,37H,1-2H3,(H,32,33,36). The van der Waals surface area contributed by atoms with Crippen LogP contribution < -0.4 is 14.8 Å². The molecule has 6 aromatic rings. The highest BCUT2D eigenvalue weighted by atomic mass is 32.2. The smallest absolute Gasteiger partial charge is 0.262 e. The molecule has 6 rings (SSSR count). The Labute approximate surface area is 236 Å². The average Bonchev–Trinajstić information content (AvgIpc) is 3.42. The number of para-hydroxylation sites is 2. The minimum atomic E-state index is -4.48. The molecule has 0 amide bonds. The van der Waals surface area contributed by atoms with E-state index >= 15 is 4.39 Å². The van der Waals surface area contributed by atoms with Gasteiger partial charge >= 0.3 is 0 Å². The van der Waals surface area contributed by atoms with Crippen molar-refractivity contribution >= 4 is 49.3 Å². The fourth-order valence-corrected chi connectivity index (χ4v) is 5.75. The summed E-state index contributed by atoms with van der Waals surface area (Å²) in [7, 11) is -3.24. The minimum Gasteiger partial charge on any atom is -0.494 e. The van der Waals surface area contributed by atoms with E-state index in [-0.39, 0.29) is 22.6 Å². The number of methoxy groups -OCH3 is 1. The molecular weight excluding hydrogens is 571 g/mol.